The summed E-state index contributed by atoms with van der Waals surface area (Å²) in [5.74, 6) is 0.434. The monoisotopic (exact) mass is 480 g/mol. The molecule has 6 rings (SSSR count). The Bertz CT molecular complexity index is 1510. The van der Waals surface area contributed by atoms with Gasteiger partial charge in [-0.1, -0.05) is 151 Å². The van der Waals surface area contributed by atoms with E-state index in [1.165, 1.54) is 38.7 Å². The average molecular weight is 481 g/mol. The van der Waals surface area contributed by atoms with Crippen LogP contribution in [0.1, 0.15) is 29.0 Å². The van der Waals surface area contributed by atoms with E-state index in [0.29, 0.717) is 5.92 Å². The van der Waals surface area contributed by atoms with Gasteiger partial charge in [-0.3, -0.25) is 0 Å². The van der Waals surface area contributed by atoms with Crippen molar-refractivity contribution in [1.82, 2.24) is 0 Å². The molecule has 5 aromatic carbocycles. The van der Waals surface area contributed by atoms with Gasteiger partial charge in [-0.2, -0.15) is 0 Å². The van der Waals surface area contributed by atoms with Crippen molar-refractivity contribution in [3.8, 4) is 0 Å². The molecule has 0 aliphatic heterocycles. The lowest BCUT2D eigenvalue weighted by atomic mass is 9.88. The third kappa shape index (κ3) is 4.25. The van der Waals surface area contributed by atoms with Crippen molar-refractivity contribution in [1.29, 1.82) is 0 Å². The molecule has 0 spiro atoms. The normalized spacial score (nSPS) is 15.2. The van der Waals surface area contributed by atoms with Crippen molar-refractivity contribution >= 4 is 35.3 Å². The fourth-order valence-corrected chi connectivity index (χ4v) is 10.1. The van der Waals surface area contributed by atoms with Gasteiger partial charge < -0.3 is 0 Å². The first-order chi connectivity index (χ1) is 17.7. The van der Waals surface area contributed by atoms with Gasteiger partial charge >= 0.3 is 0 Å². The van der Waals surface area contributed by atoms with E-state index < -0.39 is 8.07 Å². The fourth-order valence-electron chi connectivity index (χ4n) is 6.16. The van der Waals surface area contributed by atoms with Crippen LogP contribution in [0.15, 0.2) is 133 Å². The van der Waals surface area contributed by atoms with Crippen LogP contribution in [0, 0.1) is 0 Å². The van der Waals surface area contributed by atoms with Gasteiger partial charge in [0.15, 0.2) is 0 Å². The van der Waals surface area contributed by atoms with Crippen molar-refractivity contribution in [3.63, 3.8) is 0 Å². The van der Waals surface area contributed by atoms with E-state index in [-0.39, 0.29) is 0 Å². The first kappa shape index (κ1) is 22.8. The molecule has 0 amide bonds. The Kier molecular flexibility index (Phi) is 6.17. The zero-order valence-electron chi connectivity index (χ0n) is 20.9. The van der Waals surface area contributed by atoms with Crippen LogP contribution in [0.4, 0.5) is 0 Å². The van der Waals surface area contributed by atoms with Gasteiger partial charge in [0.1, 0.15) is 8.07 Å². The van der Waals surface area contributed by atoms with Crippen molar-refractivity contribution in [2.75, 3.05) is 0 Å². The van der Waals surface area contributed by atoms with Crippen molar-refractivity contribution in [2.24, 2.45) is 0 Å². The van der Waals surface area contributed by atoms with Crippen molar-refractivity contribution in [2.45, 2.75) is 31.4 Å². The molecule has 0 nitrogen and oxygen atoms in total. The Balaban J connectivity index is 1.42. The molecule has 36 heavy (non-hydrogen) atoms. The SMILES string of the molecule is C[Si](CC[C@@H](C1=Cc2ccccc2C1)c1ccccc1)(c1ccccc1)c1cccc2ccccc12. The molecule has 2 atom stereocenters. The molecule has 1 unspecified atom stereocenters. The van der Waals surface area contributed by atoms with Crippen LogP contribution in [0.2, 0.25) is 12.6 Å². The number of allylic oxidation sites excluding steroid dienone is 1. The highest BCUT2D eigenvalue weighted by Crippen LogP contribution is 2.39. The summed E-state index contributed by atoms with van der Waals surface area (Å²) in [7, 11) is -2.02. The largest absolute Gasteiger partial charge is 0.116 e. The summed E-state index contributed by atoms with van der Waals surface area (Å²) in [6, 6.07) is 48.5. The topological polar surface area (TPSA) is 0 Å². The number of benzene rings is 5. The lowest BCUT2D eigenvalue weighted by Gasteiger charge is -2.32. The molecule has 0 radical (unpaired) electrons. The van der Waals surface area contributed by atoms with Crippen LogP contribution in [0.3, 0.4) is 0 Å². The molecule has 176 valence electrons. The first-order valence-corrected chi connectivity index (χ1v) is 15.8. The lowest BCUT2D eigenvalue weighted by Crippen LogP contribution is -2.55. The lowest BCUT2D eigenvalue weighted by molar-refractivity contribution is 0.741. The highest BCUT2D eigenvalue weighted by Gasteiger charge is 2.35. The Hall–Kier alpha value is -3.68. The second kappa shape index (κ2) is 9.76. The third-order valence-corrected chi connectivity index (χ3v) is 12.7. The zero-order chi connectivity index (χ0) is 24.4. The van der Waals surface area contributed by atoms with Crippen LogP contribution in [-0.4, -0.2) is 8.07 Å². The summed E-state index contributed by atoms with van der Waals surface area (Å²) >= 11 is 0. The van der Waals surface area contributed by atoms with Gasteiger partial charge in [0.2, 0.25) is 0 Å². The molecule has 0 aromatic heterocycles. The summed E-state index contributed by atoms with van der Waals surface area (Å²) in [5, 5.41) is 5.85. The number of fused-ring (bicyclic) bond motifs is 2. The van der Waals surface area contributed by atoms with Crippen molar-refractivity contribution < 1.29 is 0 Å². The van der Waals surface area contributed by atoms with Crippen LogP contribution >= 0.6 is 0 Å². The molecule has 0 bridgehead atoms. The molecule has 1 aliphatic carbocycles. The minimum Gasteiger partial charge on any atom is -0.0626 e. The summed E-state index contributed by atoms with van der Waals surface area (Å²) in [6.07, 6.45) is 4.69. The van der Waals surface area contributed by atoms with Gasteiger partial charge in [-0.05, 0) is 51.5 Å². The Morgan fingerprint density at radius 1 is 0.667 bits per heavy atom. The zero-order valence-corrected chi connectivity index (χ0v) is 21.9. The molecule has 0 N–H and O–H groups in total. The maximum Gasteiger partial charge on any atom is 0.116 e. The minimum absolute atomic E-state index is 0.434. The van der Waals surface area contributed by atoms with Crippen molar-refractivity contribution in [3.05, 3.63) is 150 Å². The van der Waals surface area contributed by atoms with Gasteiger partial charge in [-0.15, -0.1) is 0 Å². The van der Waals surface area contributed by atoms with Crippen LogP contribution in [0.25, 0.3) is 16.8 Å². The maximum absolute atomic E-state index is 2.59. The number of hydrogen-bond acceptors (Lipinski definition) is 0. The number of hydrogen-bond donors (Lipinski definition) is 0. The number of rotatable bonds is 7. The van der Waals surface area contributed by atoms with Crippen LogP contribution in [-0.2, 0) is 6.42 Å². The van der Waals surface area contributed by atoms with Gasteiger partial charge in [-0.25, -0.2) is 0 Å². The second-order valence-electron chi connectivity index (χ2n) is 10.3. The highest BCUT2D eigenvalue weighted by molar-refractivity contribution is 7.02. The molecule has 0 fully saturated rings. The van der Waals surface area contributed by atoms with E-state index in [0.717, 1.165) is 12.8 Å². The van der Waals surface area contributed by atoms with E-state index >= 15 is 0 Å². The van der Waals surface area contributed by atoms with Gasteiger partial charge in [0.25, 0.3) is 0 Å². The van der Waals surface area contributed by atoms with E-state index in [4.69, 9.17) is 0 Å². The molecule has 1 aliphatic rings. The average Bonchev–Trinajstić information content (AvgIpc) is 3.38. The van der Waals surface area contributed by atoms with E-state index in [1.54, 1.807) is 10.8 Å². The summed E-state index contributed by atoms with van der Waals surface area (Å²) in [4.78, 5) is 0. The fraction of sp³-hybridized carbons (Fsp3) is 0.143. The minimum atomic E-state index is -2.02. The Morgan fingerprint density at radius 3 is 2.14 bits per heavy atom. The predicted octanol–water partition coefficient (Wildman–Crippen LogP) is 7.85. The van der Waals surface area contributed by atoms with E-state index in [2.05, 4.69) is 140 Å². The second-order valence-corrected chi connectivity index (χ2v) is 14.6. The Morgan fingerprint density at radius 2 is 1.33 bits per heavy atom. The molecular formula is C35H32Si. The van der Waals surface area contributed by atoms with Gasteiger partial charge in [0, 0.05) is 5.92 Å². The Labute approximate surface area is 216 Å². The van der Waals surface area contributed by atoms with E-state index in [9.17, 15) is 0 Å². The summed E-state index contributed by atoms with van der Waals surface area (Å²) < 4.78 is 0. The first-order valence-electron chi connectivity index (χ1n) is 13.1. The molecule has 0 saturated carbocycles. The third-order valence-electron chi connectivity index (χ3n) is 8.17. The standard InChI is InChI=1S/C35H32Si/c1-36(32-19-6-3-7-20-32,35-22-12-18-28-15-10-11-21-34(28)35)24-23-33(27-13-4-2-5-14-27)31-25-29-16-8-9-17-30(29)26-31/h2-22,25,33H,23-24,26H2,1H3/t33-,36?/m1/s1. The molecule has 0 heterocycles. The molecular weight excluding hydrogens is 448 g/mol. The molecule has 5 aromatic rings. The van der Waals surface area contributed by atoms with Crippen LogP contribution in [0.5, 0.6) is 0 Å². The summed E-state index contributed by atoms with van der Waals surface area (Å²) in [5.41, 5.74) is 5.86. The quantitative estimate of drug-likeness (QED) is 0.208. The molecule has 1 heteroatoms. The van der Waals surface area contributed by atoms with E-state index in [1.807, 2.05) is 0 Å². The molecule has 0 saturated heterocycles. The van der Waals surface area contributed by atoms with Crippen LogP contribution < -0.4 is 10.4 Å². The predicted molar refractivity (Wildman–Crippen MR) is 158 cm³/mol. The smallest absolute Gasteiger partial charge is 0.0626 e. The summed E-state index contributed by atoms with van der Waals surface area (Å²) in [6.45, 7) is 2.59. The van der Waals surface area contributed by atoms with Gasteiger partial charge in [0.05, 0.1) is 0 Å². The highest BCUT2D eigenvalue weighted by atomic mass is 28.3. The maximum atomic E-state index is 2.59.